The van der Waals surface area contributed by atoms with E-state index in [2.05, 4.69) is 15.3 Å². The second kappa shape index (κ2) is 7.16. The lowest BCUT2D eigenvalue weighted by Gasteiger charge is -2.36. The summed E-state index contributed by atoms with van der Waals surface area (Å²) in [5, 5.41) is 2.91. The van der Waals surface area contributed by atoms with Crippen LogP contribution in [-0.2, 0) is 6.42 Å². The summed E-state index contributed by atoms with van der Waals surface area (Å²) in [7, 11) is 0. The van der Waals surface area contributed by atoms with Gasteiger partial charge in [0.05, 0.1) is 17.9 Å². The van der Waals surface area contributed by atoms with Gasteiger partial charge in [-0.05, 0) is 49.1 Å². The first-order chi connectivity index (χ1) is 14.2. The molecule has 0 unspecified atom stereocenters. The van der Waals surface area contributed by atoms with E-state index in [1.165, 1.54) is 6.20 Å². The lowest BCUT2D eigenvalue weighted by Crippen LogP contribution is -2.44. The molecule has 2 bridgehead atoms. The van der Waals surface area contributed by atoms with Crippen molar-refractivity contribution >= 4 is 11.7 Å². The Labute approximate surface area is 167 Å². The van der Waals surface area contributed by atoms with E-state index in [1.807, 2.05) is 41.3 Å². The van der Waals surface area contributed by atoms with E-state index in [0.717, 1.165) is 18.4 Å². The number of carbonyl (C=O) groups is 1. The number of hydrogen-bond donors (Lipinski definition) is 1. The third kappa shape index (κ3) is 3.29. The van der Waals surface area contributed by atoms with Crippen molar-refractivity contribution in [3.63, 3.8) is 0 Å². The molecule has 2 aliphatic rings. The molecule has 0 spiro atoms. The van der Waals surface area contributed by atoms with Crippen LogP contribution in [0.25, 0.3) is 0 Å². The number of carbonyl (C=O) groups excluding carboxylic acids is 1. The first kappa shape index (κ1) is 17.6. The number of halogens is 1. The predicted octanol–water partition coefficient (Wildman–Crippen LogP) is 4.70. The second-order valence-electron chi connectivity index (χ2n) is 7.26. The molecule has 2 aromatic heterocycles. The summed E-state index contributed by atoms with van der Waals surface area (Å²) >= 11 is 0. The third-order valence-electron chi connectivity index (χ3n) is 5.53. The normalized spacial score (nSPS) is 19.6. The number of urea groups is 1. The molecule has 2 aliphatic heterocycles. The number of pyridine rings is 2. The predicted molar refractivity (Wildman–Crippen MR) is 105 cm³/mol. The zero-order valence-corrected chi connectivity index (χ0v) is 15.6. The minimum atomic E-state index is -0.419. The van der Waals surface area contributed by atoms with Gasteiger partial charge < -0.3 is 15.0 Å². The van der Waals surface area contributed by atoms with Gasteiger partial charge >= 0.3 is 6.03 Å². The monoisotopic (exact) mass is 390 g/mol. The molecule has 1 fully saturated rings. The van der Waals surface area contributed by atoms with Crippen LogP contribution in [0.2, 0.25) is 0 Å². The Hall–Kier alpha value is -3.48. The lowest BCUT2D eigenvalue weighted by molar-refractivity contribution is 0.178. The Balaban J connectivity index is 1.30. The standard InChI is InChI=1S/C22H19FN4O2/c23-21-18-12-15-7-8-19(17(18)10-11-24-21)27(15)22(28)26-14-6-9-20(25-13-14)29-16-4-2-1-3-5-16/h1-6,9-11,13,15,19H,7-8,12H2,(H,26,28)/t15-,19+/m1/s1. The molecule has 2 atom stereocenters. The van der Waals surface area contributed by atoms with Gasteiger partial charge in [-0.3, -0.25) is 0 Å². The fourth-order valence-electron chi connectivity index (χ4n) is 4.24. The van der Waals surface area contributed by atoms with Gasteiger partial charge in [0, 0.05) is 23.9 Å². The highest BCUT2D eigenvalue weighted by atomic mass is 19.1. The Morgan fingerprint density at radius 1 is 1.10 bits per heavy atom. The maximum atomic E-state index is 14.1. The Morgan fingerprint density at radius 3 is 2.76 bits per heavy atom. The molecular weight excluding hydrogens is 371 g/mol. The molecule has 1 saturated heterocycles. The Morgan fingerprint density at radius 2 is 1.97 bits per heavy atom. The van der Waals surface area contributed by atoms with Crippen LogP contribution in [0.3, 0.4) is 0 Å². The topological polar surface area (TPSA) is 67.3 Å². The van der Waals surface area contributed by atoms with Crippen LogP contribution in [-0.4, -0.2) is 26.9 Å². The zero-order chi connectivity index (χ0) is 19.8. The van der Waals surface area contributed by atoms with Crippen LogP contribution in [0, 0.1) is 5.95 Å². The number of fused-ring (bicyclic) bond motifs is 4. The highest BCUT2D eigenvalue weighted by Gasteiger charge is 2.43. The van der Waals surface area contributed by atoms with E-state index in [0.29, 0.717) is 29.3 Å². The van der Waals surface area contributed by atoms with Crippen LogP contribution in [0.15, 0.2) is 60.9 Å². The molecule has 4 heterocycles. The molecule has 3 aromatic rings. The van der Waals surface area contributed by atoms with Crippen molar-refractivity contribution in [2.75, 3.05) is 5.32 Å². The summed E-state index contributed by atoms with van der Waals surface area (Å²) in [6, 6.07) is 14.3. The van der Waals surface area contributed by atoms with Crippen LogP contribution in [0.5, 0.6) is 11.6 Å². The number of rotatable bonds is 3. The highest BCUT2D eigenvalue weighted by molar-refractivity contribution is 5.90. The van der Waals surface area contributed by atoms with Gasteiger partial charge in [0.2, 0.25) is 11.8 Å². The van der Waals surface area contributed by atoms with Gasteiger partial charge in [0.1, 0.15) is 5.75 Å². The molecule has 2 amide bonds. The molecule has 0 aliphatic carbocycles. The molecule has 146 valence electrons. The molecule has 1 N–H and O–H groups in total. The average Bonchev–Trinajstić information content (AvgIpc) is 3.06. The zero-order valence-electron chi connectivity index (χ0n) is 15.6. The Kier molecular flexibility index (Phi) is 4.35. The minimum Gasteiger partial charge on any atom is -0.439 e. The molecular formula is C22H19FN4O2. The van der Waals surface area contributed by atoms with Crippen LogP contribution < -0.4 is 10.1 Å². The summed E-state index contributed by atoms with van der Waals surface area (Å²) in [4.78, 5) is 22.8. The molecule has 1 aromatic carbocycles. The maximum Gasteiger partial charge on any atom is 0.322 e. The van der Waals surface area contributed by atoms with Crippen molar-refractivity contribution in [3.05, 3.63) is 78.0 Å². The van der Waals surface area contributed by atoms with E-state index in [-0.39, 0.29) is 18.1 Å². The fourth-order valence-corrected chi connectivity index (χ4v) is 4.24. The average molecular weight is 390 g/mol. The molecule has 6 nitrogen and oxygen atoms in total. The van der Waals surface area contributed by atoms with Crippen LogP contribution >= 0.6 is 0 Å². The van der Waals surface area contributed by atoms with E-state index < -0.39 is 5.95 Å². The molecule has 5 rings (SSSR count). The van der Waals surface area contributed by atoms with Gasteiger partial charge in [-0.25, -0.2) is 14.8 Å². The van der Waals surface area contributed by atoms with Crippen molar-refractivity contribution in [2.45, 2.75) is 31.3 Å². The quantitative estimate of drug-likeness (QED) is 0.658. The van der Waals surface area contributed by atoms with E-state index in [1.54, 1.807) is 18.3 Å². The fraction of sp³-hybridized carbons (Fsp3) is 0.227. The number of amides is 2. The number of hydrogen-bond acceptors (Lipinski definition) is 4. The number of ether oxygens (including phenoxy) is 1. The SMILES string of the molecule is O=C(Nc1ccc(Oc2ccccc2)nc1)N1[C@@H]2CC[C@H]1c1ccnc(F)c1C2. The van der Waals surface area contributed by atoms with Crippen molar-refractivity contribution in [1.29, 1.82) is 0 Å². The van der Waals surface area contributed by atoms with Gasteiger partial charge in [0.15, 0.2) is 0 Å². The van der Waals surface area contributed by atoms with Crippen molar-refractivity contribution in [2.24, 2.45) is 0 Å². The summed E-state index contributed by atoms with van der Waals surface area (Å²) < 4.78 is 19.7. The molecule has 0 saturated carbocycles. The summed E-state index contributed by atoms with van der Waals surface area (Å²) in [6.45, 7) is 0. The van der Waals surface area contributed by atoms with Crippen molar-refractivity contribution in [1.82, 2.24) is 14.9 Å². The van der Waals surface area contributed by atoms with E-state index in [9.17, 15) is 9.18 Å². The molecule has 0 radical (unpaired) electrons. The molecule has 29 heavy (non-hydrogen) atoms. The van der Waals surface area contributed by atoms with Gasteiger partial charge in [-0.1, -0.05) is 18.2 Å². The summed E-state index contributed by atoms with van der Waals surface area (Å²) in [5.41, 5.74) is 2.10. The number of nitrogens with zero attached hydrogens (tertiary/aromatic N) is 3. The Bertz CT molecular complexity index is 1040. The van der Waals surface area contributed by atoms with Crippen molar-refractivity contribution < 1.29 is 13.9 Å². The van der Waals surface area contributed by atoms with Gasteiger partial charge in [-0.2, -0.15) is 4.39 Å². The number of benzene rings is 1. The second-order valence-corrected chi connectivity index (χ2v) is 7.26. The lowest BCUT2D eigenvalue weighted by atomic mass is 9.95. The van der Waals surface area contributed by atoms with E-state index >= 15 is 0 Å². The number of anilines is 1. The van der Waals surface area contributed by atoms with Crippen LogP contribution in [0.1, 0.15) is 30.0 Å². The van der Waals surface area contributed by atoms with Crippen molar-refractivity contribution in [3.8, 4) is 11.6 Å². The molecule has 7 heteroatoms. The largest absolute Gasteiger partial charge is 0.439 e. The first-order valence-electron chi connectivity index (χ1n) is 9.60. The first-order valence-corrected chi connectivity index (χ1v) is 9.60. The van der Waals surface area contributed by atoms with Gasteiger partial charge in [-0.15, -0.1) is 0 Å². The van der Waals surface area contributed by atoms with E-state index in [4.69, 9.17) is 4.74 Å². The number of para-hydroxylation sites is 1. The number of aromatic nitrogens is 2. The summed E-state index contributed by atoms with van der Waals surface area (Å²) in [6.07, 6.45) is 5.23. The number of nitrogens with one attached hydrogen (secondary N) is 1. The third-order valence-corrected chi connectivity index (χ3v) is 5.53. The summed E-state index contributed by atoms with van der Waals surface area (Å²) in [5.74, 6) is 0.726. The minimum absolute atomic E-state index is 0.0140. The van der Waals surface area contributed by atoms with Crippen LogP contribution in [0.4, 0.5) is 14.9 Å². The van der Waals surface area contributed by atoms with Gasteiger partial charge in [0.25, 0.3) is 0 Å². The smallest absolute Gasteiger partial charge is 0.322 e. The maximum absolute atomic E-state index is 14.1. The highest BCUT2D eigenvalue weighted by Crippen LogP contribution is 2.44.